The fraction of sp³-hybridized carbons (Fsp3) is 0.235. The molecule has 2 rings (SSSR count). The van der Waals surface area contributed by atoms with E-state index in [1.807, 2.05) is 44.3 Å². The summed E-state index contributed by atoms with van der Waals surface area (Å²) in [6.45, 7) is 2.71. The molecule has 0 amide bonds. The minimum Gasteiger partial charge on any atom is -0.370 e. The number of hydrogen-bond acceptors (Lipinski definition) is 3. The molecule has 2 aromatic rings. The summed E-state index contributed by atoms with van der Waals surface area (Å²) in [5.41, 5.74) is 10.1. The normalized spacial score (nSPS) is 11.8. The van der Waals surface area contributed by atoms with Crippen LogP contribution in [0.3, 0.4) is 0 Å². The first-order chi connectivity index (χ1) is 10.0. The van der Waals surface area contributed by atoms with Gasteiger partial charge in [0.15, 0.2) is 0 Å². The van der Waals surface area contributed by atoms with Gasteiger partial charge in [-0.15, -0.1) is 0 Å². The average molecular weight is 344 g/mol. The van der Waals surface area contributed by atoms with Crippen LogP contribution in [0.2, 0.25) is 0 Å². The predicted octanol–water partition coefficient (Wildman–Crippen LogP) is 3.98. The third kappa shape index (κ3) is 3.84. The van der Waals surface area contributed by atoms with E-state index in [0.717, 1.165) is 27.8 Å². The van der Waals surface area contributed by atoms with E-state index in [1.54, 1.807) is 0 Å². The quantitative estimate of drug-likeness (QED) is 0.913. The average Bonchev–Trinajstić information content (AvgIpc) is 2.47. The Hall–Kier alpha value is -1.83. The minimum absolute atomic E-state index is 0.0367. The third-order valence-electron chi connectivity index (χ3n) is 3.37. The van der Waals surface area contributed by atoms with Gasteiger partial charge in [0, 0.05) is 29.8 Å². The highest BCUT2D eigenvalue weighted by Gasteiger charge is 2.12. The second-order valence-corrected chi connectivity index (χ2v) is 6.08. The standard InChI is InChI=1S/C17H18BrN3/c1-12(20)16-9-15(18)6-7-17(16)21(2)11-14-5-3-4-13(8-14)10-19/h3-9,12H,11,20H2,1-2H3. The van der Waals surface area contributed by atoms with E-state index >= 15 is 0 Å². The van der Waals surface area contributed by atoms with Crippen LogP contribution >= 0.6 is 15.9 Å². The smallest absolute Gasteiger partial charge is 0.0991 e. The van der Waals surface area contributed by atoms with E-state index in [9.17, 15) is 0 Å². The summed E-state index contributed by atoms with van der Waals surface area (Å²) < 4.78 is 1.03. The van der Waals surface area contributed by atoms with Crippen molar-refractivity contribution in [2.75, 3.05) is 11.9 Å². The third-order valence-corrected chi connectivity index (χ3v) is 3.86. The van der Waals surface area contributed by atoms with E-state index in [0.29, 0.717) is 5.56 Å². The summed E-state index contributed by atoms with van der Waals surface area (Å²) >= 11 is 3.49. The molecule has 0 saturated heterocycles. The Morgan fingerprint density at radius 1 is 1.29 bits per heavy atom. The summed E-state index contributed by atoms with van der Waals surface area (Å²) in [5.74, 6) is 0. The van der Waals surface area contributed by atoms with Crippen LogP contribution in [-0.2, 0) is 6.54 Å². The molecule has 0 fully saturated rings. The zero-order valence-corrected chi connectivity index (χ0v) is 13.8. The van der Waals surface area contributed by atoms with Crippen LogP contribution in [0.15, 0.2) is 46.9 Å². The van der Waals surface area contributed by atoms with Crippen LogP contribution in [0.25, 0.3) is 0 Å². The molecule has 0 spiro atoms. The van der Waals surface area contributed by atoms with E-state index in [-0.39, 0.29) is 6.04 Å². The zero-order valence-electron chi connectivity index (χ0n) is 12.2. The number of benzene rings is 2. The first kappa shape index (κ1) is 15.6. The molecule has 1 atom stereocenters. The summed E-state index contributed by atoms with van der Waals surface area (Å²) in [5, 5.41) is 8.98. The lowest BCUT2D eigenvalue weighted by Gasteiger charge is -2.24. The summed E-state index contributed by atoms with van der Waals surface area (Å²) in [6.07, 6.45) is 0. The molecule has 0 aliphatic heterocycles. The Bertz CT molecular complexity index is 674. The van der Waals surface area contributed by atoms with Gasteiger partial charge in [0.25, 0.3) is 0 Å². The van der Waals surface area contributed by atoms with Gasteiger partial charge >= 0.3 is 0 Å². The van der Waals surface area contributed by atoms with Crippen molar-refractivity contribution in [3.05, 3.63) is 63.6 Å². The molecule has 108 valence electrons. The second-order valence-electron chi connectivity index (χ2n) is 5.16. The molecule has 0 heterocycles. The first-order valence-electron chi connectivity index (χ1n) is 6.76. The fourth-order valence-electron chi connectivity index (χ4n) is 2.34. The van der Waals surface area contributed by atoms with Gasteiger partial charge in [-0.25, -0.2) is 0 Å². The zero-order chi connectivity index (χ0) is 15.4. The Morgan fingerprint density at radius 2 is 2.05 bits per heavy atom. The van der Waals surface area contributed by atoms with Gasteiger partial charge in [-0.2, -0.15) is 5.26 Å². The van der Waals surface area contributed by atoms with Crippen LogP contribution in [0.1, 0.15) is 29.7 Å². The highest BCUT2D eigenvalue weighted by molar-refractivity contribution is 9.10. The maximum atomic E-state index is 8.98. The van der Waals surface area contributed by atoms with Gasteiger partial charge in [0.2, 0.25) is 0 Å². The molecule has 21 heavy (non-hydrogen) atoms. The monoisotopic (exact) mass is 343 g/mol. The SMILES string of the molecule is CC(N)c1cc(Br)ccc1N(C)Cc1cccc(C#N)c1. The van der Waals surface area contributed by atoms with E-state index < -0.39 is 0 Å². The molecule has 3 nitrogen and oxygen atoms in total. The van der Waals surface area contributed by atoms with Crippen molar-refractivity contribution < 1.29 is 0 Å². The highest BCUT2D eigenvalue weighted by Crippen LogP contribution is 2.28. The first-order valence-corrected chi connectivity index (χ1v) is 7.55. The van der Waals surface area contributed by atoms with Crippen LogP contribution in [0.4, 0.5) is 5.69 Å². The number of halogens is 1. The maximum Gasteiger partial charge on any atom is 0.0991 e. The van der Waals surface area contributed by atoms with Crippen molar-refractivity contribution >= 4 is 21.6 Å². The lowest BCUT2D eigenvalue weighted by atomic mass is 10.1. The fourth-order valence-corrected chi connectivity index (χ4v) is 2.71. The van der Waals surface area contributed by atoms with Gasteiger partial charge in [-0.05, 0) is 48.4 Å². The van der Waals surface area contributed by atoms with Crippen molar-refractivity contribution in [3.63, 3.8) is 0 Å². The molecule has 0 aliphatic rings. The Balaban J connectivity index is 2.28. The molecule has 4 heteroatoms. The Labute approximate surface area is 134 Å². The summed E-state index contributed by atoms with van der Waals surface area (Å²) in [7, 11) is 2.04. The van der Waals surface area contributed by atoms with Gasteiger partial charge < -0.3 is 10.6 Å². The molecule has 2 aromatic carbocycles. The molecule has 0 aliphatic carbocycles. The molecular weight excluding hydrogens is 326 g/mol. The van der Waals surface area contributed by atoms with Crippen LogP contribution in [-0.4, -0.2) is 7.05 Å². The van der Waals surface area contributed by atoms with Gasteiger partial charge in [0.1, 0.15) is 0 Å². The van der Waals surface area contributed by atoms with Gasteiger partial charge in [0.05, 0.1) is 11.6 Å². The molecule has 0 aromatic heterocycles. The number of nitrogens with zero attached hydrogens (tertiary/aromatic N) is 2. The Kier molecular flexibility index (Phi) is 5.00. The molecular formula is C17H18BrN3. The number of nitrogens with two attached hydrogens (primary N) is 1. The number of nitriles is 1. The largest absolute Gasteiger partial charge is 0.370 e. The van der Waals surface area contributed by atoms with Crippen molar-refractivity contribution in [1.82, 2.24) is 0 Å². The van der Waals surface area contributed by atoms with Crippen molar-refractivity contribution in [1.29, 1.82) is 5.26 Å². The second kappa shape index (κ2) is 6.75. The molecule has 2 N–H and O–H groups in total. The van der Waals surface area contributed by atoms with Crippen LogP contribution in [0, 0.1) is 11.3 Å². The van der Waals surface area contributed by atoms with E-state index in [2.05, 4.69) is 39.0 Å². The molecule has 0 saturated carbocycles. The molecule has 0 bridgehead atoms. The predicted molar refractivity (Wildman–Crippen MR) is 90.0 cm³/mol. The maximum absolute atomic E-state index is 8.98. The van der Waals surface area contributed by atoms with Crippen LogP contribution < -0.4 is 10.6 Å². The van der Waals surface area contributed by atoms with Gasteiger partial charge in [-0.3, -0.25) is 0 Å². The molecule has 0 radical (unpaired) electrons. The Morgan fingerprint density at radius 3 is 2.71 bits per heavy atom. The van der Waals surface area contributed by atoms with Gasteiger partial charge in [-0.1, -0.05) is 28.1 Å². The van der Waals surface area contributed by atoms with Crippen LogP contribution in [0.5, 0.6) is 0 Å². The topological polar surface area (TPSA) is 53.0 Å². The van der Waals surface area contributed by atoms with E-state index in [1.165, 1.54) is 0 Å². The highest BCUT2D eigenvalue weighted by atomic mass is 79.9. The lowest BCUT2D eigenvalue weighted by molar-refractivity contribution is 0.800. The summed E-state index contributed by atoms with van der Waals surface area (Å²) in [6, 6.07) is 16.0. The van der Waals surface area contributed by atoms with Crippen molar-refractivity contribution in [3.8, 4) is 6.07 Å². The van der Waals surface area contributed by atoms with E-state index in [4.69, 9.17) is 11.0 Å². The molecule has 1 unspecified atom stereocenters. The lowest BCUT2D eigenvalue weighted by Crippen LogP contribution is -2.20. The summed E-state index contributed by atoms with van der Waals surface area (Å²) in [4.78, 5) is 2.15. The number of hydrogen-bond donors (Lipinski definition) is 1. The van der Waals surface area contributed by atoms with Crippen molar-refractivity contribution in [2.45, 2.75) is 19.5 Å². The number of anilines is 1. The van der Waals surface area contributed by atoms with Crippen molar-refractivity contribution in [2.24, 2.45) is 5.73 Å². The minimum atomic E-state index is -0.0367. The number of rotatable bonds is 4.